The van der Waals surface area contributed by atoms with E-state index in [1.54, 1.807) is 16.9 Å². The average molecular weight is 259 g/mol. The highest BCUT2D eigenvalue weighted by Gasteiger charge is 2.02. The fourth-order valence-electron chi connectivity index (χ4n) is 1.78. The summed E-state index contributed by atoms with van der Waals surface area (Å²) in [6.45, 7) is 0.703. The summed E-state index contributed by atoms with van der Waals surface area (Å²) in [6.07, 6.45) is 5.30. The second-order valence-corrected chi connectivity index (χ2v) is 4.35. The monoisotopic (exact) mass is 258 g/mol. The maximum absolute atomic E-state index is 5.85. The van der Waals surface area contributed by atoms with Gasteiger partial charge in [0.1, 0.15) is 5.52 Å². The molecule has 0 aliphatic rings. The zero-order valence-electron chi connectivity index (χ0n) is 9.55. The van der Waals surface area contributed by atoms with E-state index in [9.17, 15) is 0 Å². The fraction of sp³-hybridized carbons (Fsp3) is 0.0769. The van der Waals surface area contributed by atoms with Gasteiger partial charge in [-0.15, -0.1) is 0 Å². The van der Waals surface area contributed by atoms with Gasteiger partial charge >= 0.3 is 0 Å². The first-order valence-corrected chi connectivity index (χ1v) is 5.97. The fourth-order valence-corrected chi connectivity index (χ4v) is 1.91. The lowest BCUT2D eigenvalue weighted by Crippen LogP contribution is -2.03. The molecule has 2 aromatic heterocycles. The van der Waals surface area contributed by atoms with Crippen LogP contribution in [-0.2, 0) is 6.54 Å². The van der Waals surface area contributed by atoms with Crippen molar-refractivity contribution in [1.82, 2.24) is 14.6 Å². The van der Waals surface area contributed by atoms with Gasteiger partial charge in [-0.2, -0.15) is 5.10 Å². The normalized spacial score (nSPS) is 10.7. The average Bonchev–Trinajstić information content (AvgIpc) is 2.87. The summed E-state index contributed by atoms with van der Waals surface area (Å²) >= 11 is 5.85. The van der Waals surface area contributed by atoms with Crippen molar-refractivity contribution in [2.75, 3.05) is 5.32 Å². The van der Waals surface area contributed by atoms with Crippen molar-refractivity contribution in [3.05, 3.63) is 59.5 Å². The van der Waals surface area contributed by atoms with Crippen LogP contribution >= 0.6 is 11.6 Å². The Bertz CT molecular complexity index is 660. The van der Waals surface area contributed by atoms with Crippen LogP contribution in [0.5, 0.6) is 0 Å². The van der Waals surface area contributed by atoms with Gasteiger partial charge in [0.15, 0.2) is 5.82 Å². The summed E-state index contributed by atoms with van der Waals surface area (Å²) in [6, 6.07) is 9.67. The SMILES string of the molecule is Clc1ccc(CNc2nccn3nccc23)cc1. The Morgan fingerprint density at radius 1 is 1.11 bits per heavy atom. The molecule has 3 aromatic rings. The van der Waals surface area contributed by atoms with Crippen molar-refractivity contribution in [3.63, 3.8) is 0 Å². The Balaban J connectivity index is 1.80. The van der Waals surface area contributed by atoms with E-state index < -0.39 is 0 Å². The molecule has 0 aliphatic carbocycles. The Kier molecular flexibility index (Phi) is 2.86. The molecule has 1 aromatic carbocycles. The van der Waals surface area contributed by atoms with Gasteiger partial charge in [0.2, 0.25) is 0 Å². The molecular formula is C13H11ClN4. The molecule has 0 fully saturated rings. The maximum atomic E-state index is 5.85. The molecule has 3 rings (SSSR count). The van der Waals surface area contributed by atoms with Gasteiger partial charge in [-0.1, -0.05) is 23.7 Å². The Hall–Kier alpha value is -2.07. The first-order chi connectivity index (χ1) is 8.83. The Morgan fingerprint density at radius 3 is 2.78 bits per heavy atom. The molecule has 0 saturated heterocycles. The maximum Gasteiger partial charge on any atom is 0.152 e. The number of hydrogen-bond donors (Lipinski definition) is 1. The number of fused-ring (bicyclic) bond motifs is 1. The van der Waals surface area contributed by atoms with E-state index in [2.05, 4.69) is 15.4 Å². The van der Waals surface area contributed by atoms with E-state index in [-0.39, 0.29) is 0 Å². The third-order valence-electron chi connectivity index (χ3n) is 2.70. The topological polar surface area (TPSA) is 42.2 Å². The number of nitrogens with zero attached hydrogens (tertiary/aromatic N) is 3. The predicted molar refractivity (Wildman–Crippen MR) is 71.8 cm³/mol. The molecule has 0 aliphatic heterocycles. The minimum atomic E-state index is 0.703. The number of rotatable bonds is 3. The second kappa shape index (κ2) is 4.66. The molecule has 0 atom stereocenters. The van der Waals surface area contributed by atoms with E-state index in [4.69, 9.17) is 11.6 Å². The van der Waals surface area contributed by atoms with E-state index in [1.807, 2.05) is 36.5 Å². The predicted octanol–water partition coefficient (Wildman–Crippen LogP) is 2.99. The molecule has 90 valence electrons. The van der Waals surface area contributed by atoms with Crippen molar-refractivity contribution in [2.45, 2.75) is 6.54 Å². The smallest absolute Gasteiger partial charge is 0.152 e. The first kappa shape index (κ1) is 11.0. The minimum Gasteiger partial charge on any atom is -0.364 e. The molecular weight excluding hydrogens is 248 g/mol. The van der Waals surface area contributed by atoms with E-state index in [0.29, 0.717) is 6.54 Å². The largest absolute Gasteiger partial charge is 0.364 e. The summed E-state index contributed by atoms with van der Waals surface area (Å²) in [5.41, 5.74) is 2.12. The van der Waals surface area contributed by atoms with Gasteiger partial charge in [-0.3, -0.25) is 0 Å². The van der Waals surface area contributed by atoms with Gasteiger partial charge in [-0.05, 0) is 23.8 Å². The lowest BCUT2D eigenvalue weighted by molar-refractivity contribution is 0.942. The highest BCUT2D eigenvalue weighted by molar-refractivity contribution is 6.30. The lowest BCUT2D eigenvalue weighted by Gasteiger charge is -2.07. The lowest BCUT2D eigenvalue weighted by atomic mass is 10.2. The van der Waals surface area contributed by atoms with Crippen LogP contribution in [0.3, 0.4) is 0 Å². The summed E-state index contributed by atoms with van der Waals surface area (Å²) in [5.74, 6) is 0.824. The molecule has 0 unspecified atom stereocenters. The van der Waals surface area contributed by atoms with Crippen LogP contribution in [0.4, 0.5) is 5.82 Å². The van der Waals surface area contributed by atoms with Crippen LogP contribution in [-0.4, -0.2) is 14.6 Å². The Labute approximate surface area is 109 Å². The van der Waals surface area contributed by atoms with Crippen LogP contribution in [0.1, 0.15) is 5.56 Å². The molecule has 4 nitrogen and oxygen atoms in total. The summed E-state index contributed by atoms with van der Waals surface area (Å²) in [4.78, 5) is 4.31. The van der Waals surface area contributed by atoms with Gasteiger partial charge in [0.05, 0.1) is 6.20 Å². The number of halogens is 1. The van der Waals surface area contributed by atoms with Crippen molar-refractivity contribution in [2.24, 2.45) is 0 Å². The summed E-state index contributed by atoms with van der Waals surface area (Å²) < 4.78 is 1.79. The van der Waals surface area contributed by atoms with Gasteiger partial charge in [-0.25, -0.2) is 9.50 Å². The van der Waals surface area contributed by atoms with Gasteiger partial charge in [0, 0.05) is 24.0 Å². The molecule has 0 saturated carbocycles. The second-order valence-electron chi connectivity index (χ2n) is 3.92. The quantitative estimate of drug-likeness (QED) is 0.785. The zero-order chi connectivity index (χ0) is 12.4. The number of aromatic nitrogens is 3. The molecule has 0 spiro atoms. The molecule has 0 amide bonds. The summed E-state index contributed by atoms with van der Waals surface area (Å²) in [5, 5.41) is 8.20. The molecule has 1 N–H and O–H groups in total. The summed E-state index contributed by atoms with van der Waals surface area (Å²) in [7, 11) is 0. The minimum absolute atomic E-state index is 0.703. The van der Waals surface area contributed by atoms with Crippen LogP contribution in [0, 0.1) is 0 Å². The molecule has 0 radical (unpaired) electrons. The Morgan fingerprint density at radius 2 is 1.94 bits per heavy atom. The number of nitrogens with one attached hydrogen (secondary N) is 1. The van der Waals surface area contributed by atoms with Crippen LogP contribution in [0.2, 0.25) is 5.02 Å². The van der Waals surface area contributed by atoms with Crippen LogP contribution in [0.25, 0.3) is 5.52 Å². The van der Waals surface area contributed by atoms with Crippen molar-refractivity contribution < 1.29 is 0 Å². The van der Waals surface area contributed by atoms with Crippen molar-refractivity contribution >= 4 is 22.9 Å². The van der Waals surface area contributed by atoms with E-state index in [1.165, 1.54) is 0 Å². The molecule has 0 bridgehead atoms. The van der Waals surface area contributed by atoms with Gasteiger partial charge < -0.3 is 5.32 Å². The number of benzene rings is 1. The van der Waals surface area contributed by atoms with Crippen molar-refractivity contribution in [1.29, 1.82) is 0 Å². The molecule has 5 heteroatoms. The van der Waals surface area contributed by atoms with E-state index >= 15 is 0 Å². The molecule has 18 heavy (non-hydrogen) atoms. The van der Waals surface area contributed by atoms with Gasteiger partial charge in [0.25, 0.3) is 0 Å². The third kappa shape index (κ3) is 2.15. The number of hydrogen-bond acceptors (Lipinski definition) is 3. The van der Waals surface area contributed by atoms with E-state index in [0.717, 1.165) is 21.9 Å². The highest BCUT2D eigenvalue weighted by Crippen LogP contribution is 2.15. The number of anilines is 1. The molecule has 2 heterocycles. The van der Waals surface area contributed by atoms with Crippen molar-refractivity contribution in [3.8, 4) is 0 Å². The van der Waals surface area contributed by atoms with Crippen LogP contribution in [0.15, 0.2) is 48.9 Å². The van der Waals surface area contributed by atoms with Crippen LogP contribution < -0.4 is 5.32 Å². The standard InChI is InChI=1S/C13H11ClN4/c14-11-3-1-10(2-4-11)9-16-13-12-5-6-17-18(12)8-7-15-13/h1-8H,9H2,(H,15,16). The zero-order valence-corrected chi connectivity index (χ0v) is 10.3. The first-order valence-electron chi connectivity index (χ1n) is 5.59. The third-order valence-corrected chi connectivity index (χ3v) is 2.95. The highest BCUT2D eigenvalue weighted by atomic mass is 35.5.